The van der Waals surface area contributed by atoms with Crippen LogP contribution in [-0.2, 0) is 0 Å². The van der Waals surface area contributed by atoms with E-state index in [9.17, 15) is 9.90 Å². The topological polar surface area (TPSA) is 64.5 Å². The number of rotatable bonds is 6. The highest BCUT2D eigenvalue weighted by Gasteiger charge is 2.06. The SMILES string of the molecule is CC(C)C/C(=N/Nc1cccc(C(=O)[O-])c1)c1ccccc1. The molecule has 114 valence electrons. The van der Waals surface area contributed by atoms with Gasteiger partial charge in [0.15, 0.2) is 0 Å². The van der Waals surface area contributed by atoms with Gasteiger partial charge in [-0.15, -0.1) is 0 Å². The number of carbonyl (C=O) groups is 1. The van der Waals surface area contributed by atoms with Crippen molar-refractivity contribution in [3.8, 4) is 0 Å². The van der Waals surface area contributed by atoms with E-state index in [1.54, 1.807) is 12.1 Å². The van der Waals surface area contributed by atoms with Crippen molar-refractivity contribution in [3.05, 3.63) is 65.7 Å². The second-order valence-electron chi connectivity index (χ2n) is 5.50. The molecule has 2 aromatic carbocycles. The van der Waals surface area contributed by atoms with Crippen molar-refractivity contribution in [1.82, 2.24) is 0 Å². The van der Waals surface area contributed by atoms with Gasteiger partial charge in [-0.1, -0.05) is 56.3 Å². The molecule has 0 aliphatic rings. The fourth-order valence-electron chi connectivity index (χ4n) is 2.09. The summed E-state index contributed by atoms with van der Waals surface area (Å²) in [7, 11) is 0. The van der Waals surface area contributed by atoms with Crippen molar-refractivity contribution in [1.29, 1.82) is 0 Å². The fourth-order valence-corrected chi connectivity index (χ4v) is 2.09. The van der Waals surface area contributed by atoms with Crippen LogP contribution in [0.1, 0.15) is 36.2 Å². The molecule has 4 nitrogen and oxygen atoms in total. The lowest BCUT2D eigenvalue weighted by Crippen LogP contribution is -2.22. The molecule has 2 rings (SSSR count). The molecule has 0 bridgehead atoms. The number of hydrazone groups is 1. The first-order valence-corrected chi connectivity index (χ1v) is 7.25. The average molecular weight is 295 g/mol. The number of nitrogens with one attached hydrogen (secondary N) is 1. The smallest absolute Gasteiger partial charge is 0.0716 e. The zero-order valence-corrected chi connectivity index (χ0v) is 12.7. The molecule has 0 spiro atoms. The molecule has 0 saturated carbocycles. The first kappa shape index (κ1) is 15.8. The minimum absolute atomic E-state index is 0.130. The van der Waals surface area contributed by atoms with Crippen LogP contribution in [0.2, 0.25) is 0 Å². The number of aromatic carboxylic acids is 1. The molecule has 0 amide bonds. The maximum atomic E-state index is 10.9. The Labute approximate surface area is 130 Å². The summed E-state index contributed by atoms with van der Waals surface area (Å²) in [6.07, 6.45) is 0.831. The number of nitrogens with zero attached hydrogens (tertiary/aromatic N) is 1. The third-order valence-electron chi connectivity index (χ3n) is 3.13. The van der Waals surface area contributed by atoms with Crippen molar-refractivity contribution in [2.45, 2.75) is 20.3 Å². The third kappa shape index (κ3) is 4.45. The predicted molar refractivity (Wildman–Crippen MR) is 86.8 cm³/mol. The molecule has 0 radical (unpaired) electrons. The summed E-state index contributed by atoms with van der Waals surface area (Å²) >= 11 is 0. The lowest BCUT2D eigenvalue weighted by Gasteiger charge is -2.11. The van der Waals surface area contributed by atoms with E-state index in [2.05, 4.69) is 24.4 Å². The molecule has 0 aliphatic carbocycles. The number of hydrogen-bond acceptors (Lipinski definition) is 4. The number of anilines is 1. The summed E-state index contributed by atoms with van der Waals surface area (Å²) in [5, 5.41) is 15.3. The third-order valence-corrected chi connectivity index (χ3v) is 3.13. The predicted octanol–water partition coefficient (Wildman–Crippen LogP) is 2.91. The van der Waals surface area contributed by atoms with Crippen LogP contribution in [0.3, 0.4) is 0 Å². The largest absolute Gasteiger partial charge is 0.545 e. The normalized spacial score (nSPS) is 11.5. The highest BCUT2D eigenvalue weighted by molar-refractivity contribution is 6.01. The Kier molecular flexibility index (Phi) is 5.31. The molecule has 0 fully saturated rings. The van der Waals surface area contributed by atoms with Gasteiger partial charge >= 0.3 is 0 Å². The molecule has 0 unspecified atom stereocenters. The van der Waals surface area contributed by atoms with Crippen molar-refractivity contribution >= 4 is 17.4 Å². The molecule has 0 saturated heterocycles. The summed E-state index contributed by atoms with van der Waals surface area (Å²) < 4.78 is 0. The van der Waals surface area contributed by atoms with Crippen LogP contribution in [0.15, 0.2) is 59.7 Å². The van der Waals surface area contributed by atoms with Gasteiger partial charge in [-0.05, 0) is 35.6 Å². The van der Waals surface area contributed by atoms with E-state index in [-0.39, 0.29) is 5.56 Å². The minimum atomic E-state index is -1.20. The van der Waals surface area contributed by atoms with E-state index in [1.807, 2.05) is 30.3 Å². The lowest BCUT2D eigenvalue weighted by molar-refractivity contribution is -0.255. The van der Waals surface area contributed by atoms with Gasteiger partial charge < -0.3 is 9.90 Å². The van der Waals surface area contributed by atoms with E-state index in [1.165, 1.54) is 12.1 Å². The second-order valence-corrected chi connectivity index (χ2v) is 5.50. The van der Waals surface area contributed by atoms with Gasteiger partial charge in [0.25, 0.3) is 0 Å². The van der Waals surface area contributed by atoms with E-state index < -0.39 is 5.97 Å². The number of carboxylic acids is 1. The zero-order valence-electron chi connectivity index (χ0n) is 12.7. The van der Waals surface area contributed by atoms with E-state index in [0.29, 0.717) is 11.6 Å². The highest BCUT2D eigenvalue weighted by Crippen LogP contribution is 2.14. The van der Waals surface area contributed by atoms with E-state index >= 15 is 0 Å². The van der Waals surface area contributed by atoms with Crippen molar-refractivity contribution in [2.75, 3.05) is 5.43 Å². The van der Waals surface area contributed by atoms with Gasteiger partial charge in [0, 0.05) is 0 Å². The van der Waals surface area contributed by atoms with Gasteiger partial charge in [0.1, 0.15) is 0 Å². The van der Waals surface area contributed by atoms with Crippen LogP contribution in [0.4, 0.5) is 5.69 Å². The van der Waals surface area contributed by atoms with Gasteiger partial charge in [0.2, 0.25) is 0 Å². The summed E-state index contributed by atoms with van der Waals surface area (Å²) in [5.41, 5.74) is 5.69. The van der Waals surface area contributed by atoms with Crippen LogP contribution in [0.5, 0.6) is 0 Å². The van der Waals surface area contributed by atoms with E-state index in [4.69, 9.17) is 0 Å². The average Bonchev–Trinajstić information content (AvgIpc) is 2.52. The van der Waals surface area contributed by atoms with Crippen molar-refractivity contribution in [2.24, 2.45) is 11.0 Å². The molecule has 0 aromatic heterocycles. The second kappa shape index (κ2) is 7.41. The molecule has 0 atom stereocenters. The first-order valence-electron chi connectivity index (χ1n) is 7.25. The van der Waals surface area contributed by atoms with Crippen LogP contribution in [0, 0.1) is 5.92 Å². The molecule has 1 N–H and O–H groups in total. The van der Waals surface area contributed by atoms with Gasteiger partial charge in [0.05, 0.1) is 17.4 Å². The zero-order chi connectivity index (χ0) is 15.9. The number of carbonyl (C=O) groups excluding carboxylic acids is 1. The molecule has 22 heavy (non-hydrogen) atoms. The Morgan fingerprint density at radius 3 is 2.41 bits per heavy atom. The Hall–Kier alpha value is -2.62. The quantitative estimate of drug-likeness (QED) is 0.658. The molecule has 2 aromatic rings. The lowest BCUT2D eigenvalue weighted by atomic mass is 10.0. The standard InChI is InChI=1S/C18H20N2O2/c1-13(2)11-17(14-7-4-3-5-8-14)20-19-16-10-6-9-15(12-16)18(21)22/h3-10,12-13,19H,11H2,1-2H3,(H,21,22)/p-1/b20-17-. The summed E-state index contributed by atoms with van der Waals surface area (Å²) in [6.45, 7) is 4.27. The molecular formula is C18H19N2O2-. The van der Waals surface area contributed by atoms with Crippen LogP contribution < -0.4 is 10.5 Å². The Morgan fingerprint density at radius 2 is 1.77 bits per heavy atom. The number of hydrogen-bond donors (Lipinski definition) is 1. The maximum Gasteiger partial charge on any atom is 0.0716 e. The Morgan fingerprint density at radius 1 is 1.09 bits per heavy atom. The monoisotopic (exact) mass is 295 g/mol. The molecule has 0 heterocycles. The number of benzene rings is 2. The van der Waals surface area contributed by atoms with Crippen molar-refractivity contribution < 1.29 is 9.90 Å². The van der Waals surface area contributed by atoms with Crippen molar-refractivity contribution in [3.63, 3.8) is 0 Å². The van der Waals surface area contributed by atoms with Gasteiger partial charge in [-0.25, -0.2) is 0 Å². The van der Waals surface area contributed by atoms with Gasteiger partial charge in [-0.2, -0.15) is 5.10 Å². The molecule has 4 heteroatoms. The Bertz CT molecular complexity index is 664. The van der Waals surface area contributed by atoms with Crippen LogP contribution in [-0.4, -0.2) is 11.7 Å². The summed E-state index contributed by atoms with van der Waals surface area (Å²) in [6, 6.07) is 16.4. The highest BCUT2D eigenvalue weighted by atomic mass is 16.4. The maximum absolute atomic E-state index is 10.9. The Balaban J connectivity index is 2.23. The summed E-state index contributed by atoms with van der Waals surface area (Å²) in [5.74, 6) is -0.728. The van der Waals surface area contributed by atoms with Crippen LogP contribution in [0.25, 0.3) is 0 Å². The summed E-state index contributed by atoms with van der Waals surface area (Å²) in [4.78, 5) is 10.9. The number of carboxylic acid groups (broad SMARTS) is 1. The van der Waals surface area contributed by atoms with E-state index in [0.717, 1.165) is 17.7 Å². The molecule has 0 aliphatic heterocycles. The first-order chi connectivity index (χ1) is 10.6. The van der Waals surface area contributed by atoms with Gasteiger partial charge in [-0.3, -0.25) is 5.43 Å². The molecular weight excluding hydrogens is 276 g/mol. The minimum Gasteiger partial charge on any atom is -0.545 e. The van der Waals surface area contributed by atoms with Crippen LogP contribution >= 0.6 is 0 Å². The fraction of sp³-hybridized carbons (Fsp3) is 0.222.